The van der Waals surface area contributed by atoms with E-state index in [4.69, 9.17) is 0 Å². The maximum atomic E-state index is 12.3. The van der Waals surface area contributed by atoms with Gasteiger partial charge in [-0.1, -0.05) is 30.3 Å². The molecule has 0 radical (unpaired) electrons. The zero-order valence-electron chi connectivity index (χ0n) is 13.1. The quantitative estimate of drug-likeness (QED) is 0.853. The predicted molar refractivity (Wildman–Crippen MR) is 87.9 cm³/mol. The first-order chi connectivity index (χ1) is 10.7. The molecule has 5 nitrogen and oxygen atoms in total. The summed E-state index contributed by atoms with van der Waals surface area (Å²) in [5.41, 5.74) is 1.70. The number of hydrogen-bond donors (Lipinski definition) is 1. The van der Waals surface area contributed by atoms with Gasteiger partial charge in [0.05, 0.1) is 0 Å². The lowest BCUT2D eigenvalue weighted by atomic mass is 10.1. The van der Waals surface area contributed by atoms with Crippen LogP contribution in [0.25, 0.3) is 0 Å². The average Bonchev–Trinajstić information content (AvgIpc) is 2.57. The molecule has 116 valence electrons. The number of amides is 1. The summed E-state index contributed by atoms with van der Waals surface area (Å²) >= 11 is 0. The van der Waals surface area contributed by atoms with Gasteiger partial charge < -0.3 is 10.2 Å². The maximum Gasteiger partial charge on any atom is 0.272 e. The Morgan fingerprint density at radius 1 is 1.14 bits per heavy atom. The predicted octanol–water partition coefficient (Wildman–Crippen LogP) is 2.61. The normalized spacial score (nSPS) is 10.3. The molecule has 5 heteroatoms. The van der Waals surface area contributed by atoms with E-state index in [0.29, 0.717) is 24.6 Å². The monoisotopic (exact) mass is 298 g/mol. The Morgan fingerprint density at radius 2 is 1.86 bits per heavy atom. The summed E-state index contributed by atoms with van der Waals surface area (Å²) < 4.78 is 0. The van der Waals surface area contributed by atoms with Crippen molar-refractivity contribution < 1.29 is 4.79 Å². The number of anilines is 1. The van der Waals surface area contributed by atoms with E-state index in [0.717, 1.165) is 13.0 Å². The molecule has 1 N–H and O–H groups in total. The third kappa shape index (κ3) is 4.28. The first-order valence-corrected chi connectivity index (χ1v) is 7.63. The summed E-state index contributed by atoms with van der Waals surface area (Å²) in [4.78, 5) is 22.3. The molecule has 0 aliphatic rings. The fraction of sp³-hybridized carbons (Fsp3) is 0.353. The van der Waals surface area contributed by atoms with Crippen molar-refractivity contribution in [2.45, 2.75) is 20.3 Å². The minimum absolute atomic E-state index is 0.0569. The third-order valence-corrected chi connectivity index (χ3v) is 3.50. The van der Waals surface area contributed by atoms with Gasteiger partial charge in [0.2, 0.25) is 0 Å². The SMILES string of the molecule is CCN(CC)C(=O)c1cc(NCCc2ccccc2)ncn1. The molecule has 1 amide bonds. The molecule has 1 aromatic heterocycles. The van der Waals surface area contributed by atoms with Crippen LogP contribution in [-0.2, 0) is 6.42 Å². The summed E-state index contributed by atoms with van der Waals surface area (Å²) in [6.07, 6.45) is 2.34. The van der Waals surface area contributed by atoms with Crippen molar-refractivity contribution in [1.29, 1.82) is 0 Å². The van der Waals surface area contributed by atoms with Gasteiger partial charge in [-0.3, -0.25) is 4.79 Å². The van der Waals surface area contributed by atoms with Gasteiger partial charge in [-0.15, -0.1) is 0 Å². The van der Waals surface area contributed by atoms with E-state index in [1.54, 1.807) is 11.0 Å². The van der Waals surface area contributed by atoms with Crippen LogP contribution in [0.2, 0.25) is 0 Å². The van der Waals surface area contributed by atoms with E-state index in [9.17, 15) is 4.79 Å². The highest BCUT2D eigenvalue weighted by Gasteiger charge is 2.14. The number of carbonyl (C=O) groups excluding carboxylic acids is 1. The van der Waals surface area contributed by atoms with Crippen LogP contribution in [-0.4, -0.2) is 40.4 Å². The molecule has 0 saturated heterocycles. The molecule has 2 aromatic rings. The summed E-state index contributed by atoms with van der Waals surface area (Å²) in [7, 11) is 0. The molecule has 0 bridgehead atoms. The zero-order chi connectivity index (χ0) is 15.8. The maximum absolute atomic E-state index is 12.3. The Balaban J connectivity index is 1.95. The highest BCUT2D eigenvalue weighted by molar-refractivity contribution is 5.92. The molecule has 1 heterocycles. The molecule has 0 aliphatic heterocycles. The van der Waals surface area contributed by atoms with Crippen LogP contribution in [0.15, 0.2) is 42.7 Å². The number of rotatable bonds is 7. The van der Waals surface area contributed by atoms with Crippen molar-refractivity contribution >= 4 is 11.7 Å². The molecule has 0 saturated carbocycles. The van der Waals surface area contributed by atoms with E-state index in [2.05, 4.69) is 27.4 Å². The standard InChI is InChI=1S/C17H22N4O/c1-3-21(4-2)17(22)15-12-16(20-13-19-15)18-11-10-14-8-6-5-7-9-14/h5-9,12-13H,3-4,10-11H2,1-2H3,(H,18,19,20). The molecule has 0 unspecified atom stereocenters. The number of benzene rings is 1. The molecule has 0 atom stereocenters. The lowest BCUT2D eigenvalue weighted by molar-refractivity contribution is 0.0767. The van der Waals surface area contributed by atoms with Crippen LogP contribution < -0.4 is 5.32 Å². The van der Waals surface area contributed by atoms with Gasteiger partial charge >= 0.3 is 0 Å². The largest absolute Gasteiger partial charge is 0.370 e. The van der Waals surface area contributed by atoms with Gasteiger partial charge in [0.25, 0.3) is 5.91 Å². The summed E-state index contributed by atoms with van der Waals surface area (Å²) in [6.45, 7) is 6.04. The van der Waals surface area contributed by atoms with Crippen molar-refractivity contribution in [3.63, 3.8) is 0 Å². The molecule has 22 heavy (non-hydrogen) atoms. The van der Waals surface area contributed by atoms with Gasteiger partial charge in [0, 0.05) is 25.7 Å². The molecule has 0 fully saturated rings. The fourth-order valence-electron chi connectivity index (χ4n) is 2.22. The lowest BCUT2D eigenvalue weighted by Crippen LogP contribution is -2.31. The van der Waals surface area contributed by atoms with Crippen LogP contribution in [0.5, 0.6) is 0 Å². The summed E-state index contributed by atoms with van der Waals surface area (Å²) in [5, 5.41) is 3.24. The Labute approximate surface area is 131 Å². The number of nitrogens with one attached hydrogen (secondary N) is 1. The number of nitrogens with zero attached hydrogens (tertiary/aromatic N) is 3. The second kappa shape index (κ2) is 8.12. The Kier molecular flexibility index (Phi) is 5.89. The van der Waals surface area contributed by atoms with Crippen molar-refractivity contribution in [1.82, 2.24) is 14.9 Å². The first kappa shape index (κ1) is 15.9. The molecular formula is C17H22N4O. The van der Waals surface area contributed by atoms with Crippen LogP contribution in [0.3, 0.4) is 0 Å². The highest BCUT2D eigenvalue weighted by atomic mass is 16.2. The van der Waals surface area contributed by atoms with E-state index >= 15 is 0 Å². The van der Waals surface area contributed by atoms with Crippen LogP contribution in [0.1, 0.15) is 29.9 Å². The minimum atomic E-state index is -0.0569. The third-order valence-electron chi connectivity index (χ3n) is 3.50. The topological polar surface area (TPSA) is 58.1 Å². The molecule has 2 rings (SSSR count). The Morgan fingerprint density at radius 3 is 2.55 bits per heavy atom. The van der Waals surface area contributed by atoms with Crippen LogP contribution in [0, 0.1) is 0 Å². The van der Waals surface area contributed by atoms with Crippen LogP contribution >= 0.6 is 0 Å². The summed E-state index contributed by atoms with van der Waals surface area (Å²) in [5.74, 6) is 0.625. The average molecular weight is 298 g/mol. The Bertz CT molecular complexity index is 597. The fourth-order valence-corrected chi connectivity index (χ4v) is 2.22. The second-order valence-electron chi connectivity index (χ2n) is 4.93. The smallest absolute Gasteiger partial charge is 0.272 e. The first-order valence-electron chi connectivity index (χ1n) is 7.63. The van der Waals surface area contributed by atoms with Crippen molar-refractivity contribution in [3.05, 3.63) is 54.0 Å². The van der Waals surface area contributed by atoms with E-state index in [1.165, 1.54) is 11.9 Å². The van der Waals surface area contributed by atoms with Crippen molar-refractivity contribution in [2.24, 2.45) is 0 Å². The van der Waals surface area contributed by atoms with Crippen LogP contribution in [0.4, 0.5) is 5.82 Å². The second-order valence-corrected chi connectivity index (χ2v) is 4.93. The van der Waals surface area contributed by atoms with Gasteiger partial charge in [-0.25, -0.2) is 9.97 Å². The van der Waals surface area contributed by atoms with Crippen molar-refractivity contribution in [2.75, 3.05) is 25.0 Å². The molecule has 1 aromatic carbocycles. The van der Waals surface area contributed by atoms with Gasteiger partial charge in [0.15, 0.2) is 0 Å². The van der Waals surface area contributed by atoms with E-state index < -0.39 is 0 Å². The molecule has 0 spiro atoms. The van der Waals surface area contributed by atoms with Gasteiger partial charge in [0.1, 0.15) is 17.8 Å². The lowest BCUT2D eigenvalue weighted by Gasteiger charge is -2.18. The highest BCUT2D eigenvalue weighted by Crippen LogP contribution is 2.08. The van der Waals surface area contributed by atoms with Crippen molar-refractivity contribution in [3.8, 4) is 0 Å². The minimum Gasteiger partial charge on any atom is -0.370 e. The number of aromatic nitrogens is 2. The van der Waals surface area contributed by atoms with Gasteiger partial charge in [-0.2, -0.15) is 0 Å². The van der Waals surface area contributed by atoms with E-state index in [-0.39, 0.29) is 5.91 Å². The number of carbonyl (C=O) groups is 1. The number of hydrogen-bond acceptors (Lipinski definition) is 4. The van der Waals surface area contributed by atoms with E-state index in [1.807, 2.05) is 32.0 Å². The summed E-state index contributed by atoms with van der Waals surface area (Å²) in [6, 6.07) is 12.0. The zero-order valence-corrected chi connectivity index (χ0v) is 13.1. The molecule has 0 aliphatic carbocycles. The van der Waals surface area contributed by atoms with Gasteiger partial charge in [-0.05, 0) is 25.8 Å². The molecular weight excluding hydrogens is 276 g/mol. The Hall–Kier alpha value is -2.43.